The number of nitrogens with zero attached hydrogens (tertiary/aromatic N) is 8. The molecule has 111 heavy (non-hydrogen) atoms. The summed E-state index contributed by atoms with van der Waals surface area (Å²) < 4.78 is 26.0. The number of ketones is 6. The number of Topliss-reactive ketones (excluding diaryl/α,β-unsaturated/α-hetero) is 2. The Bertz CT molecular complexity index is 4080. The van der Waals surface area contributed by atoms with E-state index in [4.69, 9.17) is 27.5 Å². The topological polar surface area (TPSA) is 393 Å². The molecule has 0 amide bonds. The van der Waals surface area contributed by atoms with Crippen LogP contribution in [0.5, 0.6) is 0 Å². The van der Waals surface area contributed by atoms with Gasteiger partial charge in [0.2, 0.25) is 23.1 Å². The Kier molecular flexibility index (Phi) is 40.2. The van der Waals surface area contributed by atoms with Gasteiger partial charge < -0.3 is 83.4 Å². The molecule has 1 saturated heterocycles. The number of furan rings is 4. The van der Waals surface area contributed by atoms with Crippen LogP contribution in [0.1, 0.15) is 274 Å². The first-order valence-electron chi connectivity index (χ1n) is 37.2. The summed E-state index contributed by atoms with van der Waals surface area (Å²) in [7, 11) is 0. The van der Waals surface area contributed by atoms with E-state index in [9.17, 15) is 43.8 Å². The fraction of sp³-hybridized carbons (Fsp3) is 0.512. The number of halogens is 1. The van der Waals surface area contributed by atoms with Crippen LogP contribution in [0.3, 0.4) is 0 Å². The van der Waals surface area contributed by atoms with Crippen molar-refractivity contribution in [1.29, 1.82) is 0 Å². The van der Waals surface area contributed by atoms with Gasteiger partial charge in [-0.15, -0.1) is 0 Å². The fourth-order valence-electron chi connectivity index (χ4n) is 14.5. The number of anilines is 4. The van der Waals surface area contributed by atoms with Gasteiger partial charge in [-0.1, -0.05) is 75.2 Å². The summed E-state index contributed by atoms with van der Waals surface area (Å²) in [6, 6.07) is 6.93. The number of aliphatic hydroxyl groups is 3. The molecular weight excluding hydrogens is 1500 g/mol. The molecule has 4 aliphatic carbocycles. The van der Waals surface area contributed by atoms with E-state index in [-0.39, 0.29) is 138 Å². The molecule has 0 radical (unpaired) electrons. The minimum atomic E-state index is -0.680. The van der Waals surface area contributed by atoms with Gasteiger partial charge >= 0.3 is 23.1 Å². The summed E-state index contributed by atoms with van der Waals surface area (Å²) in [6.45, 7) is 24.2. The van der Waals surface area contributed by atoms with E-state index in [1.54, 1.807) is 19.9 Å². The number of carbonyl (C=O) groups excluding carboxylic acids is 7. The van der Waals surface area contributed by atoms with Gasteiger partial charge in [0.05, 0.1) is 51.3 Å². The molecule has 1 unspecified atom stereocenters. The van der Waals surface area contributed by atoms with Gasteiger partial charge in [0, 0.05) is 80.9 Å². The van der Waals surface area contributed by atoms with E-state index in [2.05, 4.69) is 110 Å². The number of aromatic nitrogens is 8. The standard InChI is InChI=1S/C19H25N3O3.C19H23N3O3.C18H21N3O4.C18H21N3O3.C4H8O.C2H6O.CH4.CH3.BrH.Mg/c2*1-4-13-6-15(5-11(13)2)22-19-16(8-20-10-21-19)18(24)17-7-14(9-25-17)12(3)23;1-10-3-14(4-12(10)7-22)21-18-15(6-19-9-20-18)17(24)16-5-13(8-25-16)11(2)23;1-3-13-6-14(4-11(13)2)21-18-15(7-19-10-20-18)17(23)16-5-12(8-22)9-24-16;1-2-4-5-3-1;1-2-3;;;;/h7-13,15,23H,4-6H2,1-3H3,(H,20,21,22);7-11,13,15H,4-6H2,1-3H3,(H,20,21,22);5-6,8-10,12,14,22H,3-4,7H2,1-2H3,(H,19,20,21);5,7-11,13-14H,3-4,6H2,1-2H3,(H,19,20,21);1-4H2;3H,2H2,1H3;1H4;1H3;1H;/q;;;;;;;-1;;+2/p-1/t11-,12?,13-,15-;11-,13-,15-;10-,12+,14-;11-,13-,14-;;;;;;/m0000....../s1. The Morgan fingerprint density at radius 1 is 0.486 bits per heavy atom. The predicted octanol–water partition coefficient (Wildman–Crippen LogP) is 11.5. The number of carbonyl (C=O) groups is 7. The number of ether oxygens (including phenoxy) is 1. The maximum absolute atomic E-state index is 12.8. The average molecular weight is 1610 g/mol. The Labute approximate surface area is 678 Å². The van der Waals surface area contributed by atoms with Crippen LogP contribution in [-0.2, 0) is 4.74 Å². The van der Waals surface area contributed by atoms with Crippen molar-refractivity contribution in [3.63, 3.8) is 0 Å². The third-order valence-corrected chi connectivity index (χ3v) is 20.8. The Morgan fingerprint density at radius 2 is 0.784 bits per heavy atom. The van der Waals surface area contributed by atoms with E-state index < -0.39 is 6.10 Å². The largest absolute Gasteiger partial charge is 2.00 e. The fourth-order valence-corrected chi connectivity index (χ4v) is 14.5. The summed E-state index contributed by atoms with van der Waals surface area (Å²) in [5, 5.41) is 40.1. The molecule has 8 aromatic heterocycles. The molecule has 29 heteroatoms. The van der Waals surface area contributed by atoms with E-state index in [1.807, 2.05) is 0 Å². The summed E-state index contributed by atoms with van der Waals surface area (Å²) in [5.74, 6) is 5.65. The van der Waals surface area contributed by atoms with Gasteiger partial charge in [0.15, 0.2) is 40.9 Å². The van der Waals surface area contributed by atoms with Crippen molar-refractivity contribution in [3.8, 4) is 0 Å². The first-order valence-corrected chi connectivity index (χ1v) is 37.2. The molecule has 9 heterocycles. The molecule has 0 spiro atoms. The van der Waals surface area contributed by atoms with E-state index in [1.165, 1.54) is 126 Å². The second-order valence-corrected chi connectivity index (χ2v) is 28.5. The number of rotatable bonds is 24. The van der Waals surface area contributed by atoms with Crippen LogP contribution >= 0.6 is 0 Å². The molecule has 0 aromatic carbocycles. The Hall–Kier alpha value is -8.58. The zero-order valence-corrected chi connectivity index (χ0v) is 68.2. The first kappa shape index (κ1) is 94.8. The number of aldehydes is 1. The summed E-state index contributed by atoms with van der Waals surface area (Å²) in [5.41, 5.74) is 3.05. The van der Waals surface area contributed by atoms with Gasteiger partial charge in [-0.2, -0.15) is 0 Å². The van der Waals surface area contributed by atoms with Crippen molar-refractivity contribution in [2.45, 2.75) is 197 Å². The third kappa shape index (κ3) is 26.5. The molecule has 27 nitrogen and oxygen atoms in total. The van der Waals surface area contributed by atoms with E-state index in [0.717, 1.165) is 77.4 Å². The molecule has 5 fully saturated rings. The Balaban J connectivity index is 0.000000298. The van der Waals surface area contributed by atoms with E-state index in [0.29, 0.717) is 134 Å². The van der Waals surface area contributed by atoms with Crippen molar-refractivity contribution < 1.29 is 88.3 Å². The minimum Gasteiger partial charge on any atom is -1.00 e. The molecule has 1 aliphatic heterocycles. The van der Waals surface area contributed by atoms with Crippen LogP contribution < -0.4 is 38.2 Å². The molecule has 13 atom stereocenters. The normalized spacial score (nSPS) is 22.0. The number of aliphatic hydroxyl groups excluding tert-OH is 3. The first-order chi connectivity index (χ1) is 51.5. The smallest absolute Gasteiger partial charge is 1.00 e. The van der Waals surface area contributed by atoms with Crippen molar-refractivity contribution in [2.24, 2.45) is 47.3 Å². The zero-order chi connectivity index (χ0) is 77.3. The molecule has 13 rings (SSSR count). The number of hydrogen-bond donors (Lipinski definition) is 7. The molecule has 598 valence electrons. The maximum Gasteiger partial charge on any atom is 2.00 e. The van der Waals surface area contributed by atoms with Crippen molar-refractivity contribution in [2.75, 3.05) is 47.7 Å². The molecule has 4 saturated carbocycles. The van der Waals surface area contributed by atoms with Crippen LogP contribution in [0.15, 0.2) is 117 Å². The third-order valence-electron chi connectivity index (χ3n) is 20.8. The second-order valence-electron chi connectivity index (χ2n) is 28.5. The monoisotopic (exact) mass is 1610 g/mol. The predicted molar refractivity (Wildman–Crippen MR) is 420 cm³/mol. The van der Waals surface area contributed by atoms with Crippen LogP contribution in [-0.4, -0.2) is 170 Å². The molecule has 8 aromatic rings. The van der Waals surface area contributed by atoms with Gasteiger partial charge in [0.25, 0.3) is 0 Å². The van der Waals surface area contributed by atoms with Crippen LogP contribution in [0.2, 0.25) is 0 Å². The Morgan fingerprint density at radius 3 is 1.03 bits per heavy atom. The van der Waals surface area contributed by atoms with Crippen molar-refractivity contribution in [1.82, 2.24) is 39.9 Å². The summed E-state index contributed by atoms with van der Waals surface area (Å²) >= 11 is 0. The SMILES string of the molecule is C.C1CCOC1.CC(=O)c1coc(C(=O)c2cncnc2N[C@@H]2C[C@H](CO)[C@@H](C)C2)c1.CCO.CC[C@H]1C[C@@H](Nc2ncncc2C(=O)c2cc(C(C)=O)co2)C[C@@H]1C.CC[C@H]1C[C@@H](Nc2ncncc2C(=O)c2cc(C(C)O)co2)C[C@@H]1C.CC[C@H]1C[C@@H](Nc2ncncc2C(=O)c2cc(C=O)co2)C[C@@H]1C.[Br-].[CH3-].[Mg+2]. The van der Waals surface area contributed by atoms with Gasteiger partial charge in [0.1, 0.15) is 67.4 Å². The molecular formula is C82H111BrMgN12O15. The number of hydrogen-bond acceptors (Lipinski definition) is 27. The average Bonchev–Trinajstić information content (AvgIpc) is 1.74. The second kappa shape index (κ2) is 47.1. The van der Waals surface area contributed by atoms with Gasteiger partial charge in [-0.05, 0) is 164 Å². The van der Waals surface area contributed by atoms with Gasteiger partial charge in [-0.3, -0.25) is 33.6 Å². The van der Waals surface area contributed by atoms with Crippen LogP contribution in [0.25, 0.3) is 0 Å². The van der Waals surface area contributed by atoms with Crippen molar-refractivity contribution >= 4 is 87.3 Å². The quantitative estimate of drug-likeness (QED) is 0.0128. The molecule has 0 bridgehead atoms. The molecule has 5 aliphatic rings. The number of nitrogens with one attached hydrogen (secondary N) is 4. The van der Waals surface area contributed by atoms with E-state index >= 15 is 0 Å². The minimum absolute atomic E-state index is 0. The zero-order valence-electron chi connectivity index (χ0n) is 65.2. The summed E-state index contributed by atoms with van der Waals surface area (Å²) in [4.78, 5) is 117. The van der Waals surface area contributed by atoms with Crippen LogP contribution in [0.4, 0.5) is 23.3 Å². The van der Waals surface area contributed by atoms with Crippen molar-refractivity contribution in [3.05, 3.63) is 174 Å². The van der Waals surface area contributed by atoms with Gasteiger partial charge in [-0.25, -0.2) is 39.9 Å². The molecule has 7 N–H and O–H groups in total. The maximum atomic E-state index is 12.8. The summed E-state index contributed by atoms with van der Waals surface area (Å²) in [6.07, 6.45) is 31.0. The van der Waals surface area contributed by atoms with Crippen LogP contribution in [0, 0.1) is 54.8 Å².